The number of thiazole rings is 1. The van der Waals surface area contributed by atoms with E-state index in [1.54, 1.807) is 12.5 Å². The fourth-order valence-electron chi connectivity index (χ4n) is 2.66. The number of benzene rings is 1. The molecule has 0 aliphatic carbocycles. The summed E-state index contributed by atoms with van der Waals surface area (Å²) in [5.74, 6) is 0.163. The average molecular weight is 388 g/mol. The van der Waals surface area contributed by atoms with Crippen LogP contribution < -0.4 is 20.7 Å². The van der Waals surface area contributed by atoms with Gasteiger partial charge in [-0.3, -0.25) is 14.4 Å². The molecule has 0 spiro atoms. The van der Waals surface area contributed by atoms with E-state index in [9.17, 15) is 14.4 Å². The molecule has 1 aromatic heterocycles. The molecule has 1 saturated heterocycles. The number of hydrogen-bond donors (Lipinski definition) is 3. The van der Waals surface area contributed by atoms with E-state index in [-0.39, 0.29) is 24.1 Å². The summed E-state index contributed by atoms with van der Waals surface area (Å²) in [6.45, 7) is 0.394. The van der Waals surface area contributed by atoms with Gasteiger partial charge in [-0.05, 0) is 24.1 Å². The number of carbonyl (C=O) groups is 3. The van der Waals surface area contributed by atoms with Crippen molar-refractivity contribution in [3.63, 3.8) is 0 Å². The monoisotopic (exact) mass is 388 g/mol. The fourth-order valence-corrected chi connectivity index (χ4v) is 3.37. The lowest BCUT2D eigenvalue weighted by Crippen LogP contribution is -2.37. The van der Waals surface area contributed by atoms with E-state index >= 15 is 0 Å². The third kappa shape index (κ3) is 5.27. The van der Waals surface area contributed by atoms with Gasteiger partial charge in [-0.1, -0.05) is 12.1 Å². The van der Waals surface area contributed by atoms with Crippen molar-refractivity contribution in [2.45, 2.75) is 31.8 Å². The van der Waals surface area contributed by atoms with Crippen molar-refractivity contribution in [1.82, 2.24) is 15.6 Å². The van der Waals surface area contributed by atoms with Crippen LogP contribution in [0.15, 0.2) is 29.6 Å². The number of nitrogens with one attached hydrogen (secondary N) is 3. The van der Waals surface area contributed by atoms with Crippen molar-refractivity contribution in [3.05, 3.63) is 40.9 Å². The van der Waals surface area contributed by atoms with Gasteiger partial charge in [-0.25, -0.2) is 4.98 Å². The van der Waals surface area contributed by atoms with Crippen molar-refractivity contribution in [2.24, 2.45) is 0 Å². The van der Waals surface area contributed by atoms with Crippen LogP contribution in [-0.4, -0.2) is 35.9 Å². The number of hydrogen-bond acceptors (Lipinski definition) is 6. The highest BCUT2D eigenvalue weighted by atomic mass is 32.1. The summed E-state index contributed by atoms with van der Waals surface area (Å²) >= 11 is 1.25. The molecule has 1 fully saturated rings. The summed E-state index contributed by atoms with van der Waals surface area (Å²) in [5, 5.41) is 10.3. The molecule has 1 atom stereocenters. The Hall–Kier alpha value is -2.94. The molecular formula is C18H20N4O4S. The van der Waals surface area contributed by atoms with E-state index in [1.807, 2.05) is 24.3 Å². The summed E-state index contributed by atoms with van der Waals surface area (Å²) in [6.07, 6.45) is 0.959. The van der Waals surface area contributed by atoms with Crippen molar-refractivity contribution in [3.8, 4) is 5.75 Å². The number of ether oxygens (including phenoxy) is 1. The van der Waals surface area contributed by atoms with E-state index in [0.29, 0.717) is 30.2 Å². The smallest absolute Gasteiger partial charge is 0.248 e. The minimum atomic E-state index is -0.518. The van der Waals surface area contributed by atoms with Gasteiger partial charge in [0.1, 0.15) is 11.8 Å². The Kier molecular flexibility index (Phi) is 6.02. The van der Waals surface area contributed by atoms with Gasteiger partial charge >= 0.3 is 0 Å². The van der Waals surface area contributed by atoms with Crippen LogP contribution in [-0.2, 0) is 27.3 Å². The highest BCUT2D eigenvalue weighted by Crippen LogP contribution is 2.18. The molecule has 3 rings (SSSR count). The quantitative estimate of drug-likeness (QED) is 0.661. The minimum absolute atomic E-state index is 0.122. The molecule has 1 aliphatic rings. The molecule has 8 nitrogen and oxygen atoms in total. The minimum Gasteiger partial charge on any atom is -0.497 e. The van der Waals surface area contributed by atoms with Crippen LogP contribution in [0, 0.1) is 0 Å². The molecule has 0 bridgehead atoms. The van der Waals surface area contributed by atoms with Gasteiger partial charge in [-0.15, -0.1) is 11.3 Å². The zero-order valence-corrected chi connectivity index (χ0v) is 15.6. The predicted molar refractivity (Wildman–Crippen MR) is 100 cm³/mol. The molecule has 3 N–H and O–H groups in total. The van der Waals surface area contributed by atoms with Gasteiger partial charge in [0, 0.05) is 18.3 Å². The maximum Gasteiger partial charge on any atom is 0.248 e. The van der Waals surface area contributed by atoms with Gasteiger partial charge in [0.2, 0.25) is 17.7 Å². The van der Waals surface area contributed by atoms with Crippen molar-refractivity contribution >= 4 is 34.2 Å². The Bertz CT molecular complexity index is 851. The second-order valence-electron chi connectivity index (χ2n) is 6.10. The fraction of sp³-hybridized carbons (Fsp3) is 0.333. The Morgan fingerprint density at radius 3 is 3.00 bits per heavy atom. The molecular weight excluding hydrogens is 368 g/mol. The Morgan fingerprint density at radius 2 is 2.26 bits per heavy atom. The number of methoxy groups -OCH3 is 1. The molecule has 2 aromatic rings. The molecule has 9 heteroatoms. The highest BCUT2D eigenvalue weighted by molar-refractivity contribution is 7.13. The third-order valence-corrected chi connectivity index (χ3v) is 4.87. The van der Waals surface area contributed by atoms with Crippen molar-refractivity contribution in [1.29, 1.82) is 0 Å². The zero-order valence-electron chi connectivity index (χ0n) is 14.8. The van der Waals surface area contributed by atoms with Crippen LogP contribution in [0.3, 0.4) is 0 Å². The van der Waals surface area contributed by atoms with Crippen LogP contribution in [0.1, 0.15) is 24.1 Å². The predicted octanol–water partition coefficient (Wildman–Crippen LogP) is 1.23. The summed E-state index contributed by atoms with van der Waals surface area (Å²) in [5.41, 5.74) is 1.52. The first-order valence-electron chi connectivity index (χ1n) is 8.48. The zero-order chi connectivity index (χ0) is 19.2. The first-order valence-corrected chi connectivity index (χ1v) is 9.35. The SMILES string of the molecule is COc1cccc(CNC(=O)Cc2csc(NC(=O)C3CCC(=O)N3)n2)c1. The lowest BCUT2D eigenvalue weighted by atomic mass is 10.2. The second-order valence-corrected chi connectivity index (χ2v) is 6.96. The molecule has 1 unspecified atom stereocenters. The number of anilines is 1. The standard InChI is InChI=1S/C18H20N4O4S/c1-26-13-4-2-3-11(7-13)9-19-16(24)8-12-10-27-18(20-12)22-17(25)14-5-6-15(23)21-14/h2-4,7,10,14H,5-6,8-9H2,1H3,(H,19,24)(H,21,23)(H,20,22,25). The van der Waals surface area contributed by atoms with Gasteiger partial charge < -0.3 is 20.7 Å². The summed E-state index contributed by atoms with van der Waals surface area (Å²) < 4.78 is 5.16. The van der Waals surface area contributed by atoms with E-state index in [4.69, 9.17) is 4.74 Å². The summed E-state index contributed by atoms with van der Waals surface area (Å²) in [4.78, 5) is 39.6. The maximum atomic E-state index is 12.1. The van der Waals surface area contributed by atoms with E-state index < -0.39 is 6.04 Å². The number of rotatable bonds is 7. The van der Waals surface area contributed by atoms with Gasteiger partial charge in [0.15, 0.2) is 5.13 Å². The molecule has 142 valence electrons. The molecule has 0 saturated carbocycles. The van der Waals surface area contributed by atoms with Gasteiger partial charge in [-0.2, -0.15) is 0 Å². The Labute approximate surface area is 160 Å². The molecule has 1 aliphatic heterocycles. The van der Waals surface area contributed by atoms with Crippen molar-refractivity contribution in [2.75, 3.05) is 12.4 Å². The largest absolute Gasteiger partial charge is 0.497 e. The molecule has 3 amide bonds. The average Bonchev–Trinajstić information content (AvgIpc) is 3.29. The summed E-state index contributed by atoms with van der Waals surface area (Å²) in [6, 6.07) is 6.95. The van der Waals surface area contributed by atoms with Crippen LogP contribution in [0.4, 0.5) is 5.13 Å². The van der Waals surface area contributed by atoms with Crippen LogP contribution in [0.5, 0.6) is 5.75 Å². The van der Waals surface area contributed by atoms with Crippen LogP contribution >= 0.6 is 11.3 Å². The third-order valence-electron chi connectivity index (χ3n) is 4.06. The Morgan fingerprint density at radius 1 is 1.41 bits per heavy atom. The first kappa shape index (κ1) is 18.8. The lowest BCUT2D eigenvalue weighted by molar-refractivity contribution is -0.122. The topological polar surface area (TPSA) is 109 Å². The first-order chi connectivity index (χ1) is 13.0. The van der Waals surface area contributed by atoms with E-state index in [0.717, 1.165) is 11.3 Å². The number of nitrogens with zero attached hydrogens (tertiary/aromatic N) is 1. The van der Waals surface area contributed by atoms with E-state index in [1.165, 1.54) is 11.3 Å². The van der Waals surface area contributed by atoms with Crippen LogP contribution in [0.25, 0.3) is 0 Å². The molecule has 27 heavy (non-hydrogen) atoms. The normalized spacial score (nSPS) is 15.9. The maximum absolute atomic E-state index is 12.1. The number of amides is 3. The second kappa shape index (κ2) is 8.63. The van der Waals surface area contributed by atoms with Crippen molar-refractivity contribution < 1.29 is 19.1 Å². The molecule has 2 heterocycles. The highest BCUT2D eigenvalue weighted by Gasteiger charge is 2.27. The molecule has 0 radical (unpaired) electrons. The van der Waals surface area contributed by atoms with Gasteiger partial charge in [0.05, 0.1) is 19.2 Å². The van der Waals surface area contributed by atoms with Crippen LogP contribution in [0.2, 0.25) is 0 Å². The lowest BCUT2D eigenvalue weighted by Gasteiger charge is -2.08. The number of carbonyl (C=O) groups excluding carboxylic acids is 3. The Balaban J connectivity index is 1.47. The van der Waals surface area contributed by atoms with E-state index in [2.05, 4.69) is 20.9 Å². The van der Waals surface area contributed by atoms with Gasteiger partial charge in [0.25, 0.3) is 0 Å². The number of aromatic nitrogens is 1. The molecule has 1 aromatic carbocycles. The summed E-state index contributed by atoms with van der Waals surface area (Å²) in [7, 11) is 1.59.